The van der Waals surface area contributed by atoms with Crippen molar-refractivity contribution in [1.29, 1.82) is 0 Å². The first-order valence-corrected chi connectivity index (χ1v) is 8.05. The molecule has 0 unspecified atom stereocenters. The lowest BCUT2D eigenvalue weighted by atomic mass is 9.95. The second-order valence-corrected chi connectivity index (χ2v) is 6.20. The van der Waals surface area contributed by atoms with Crippen LogP contribution in [0.2, 0.25) is 0 Å². The number of nitrogens with one attached hydrogen (secondary N) is 1. The van der Waals surface area contributed by atoms with E-state index in [2.05, 4.69) is 5.32 Å². The van der Waals surface area contributed by atoms with Crippen molar-refractivity contribution < 1.29 is 24.9 Å². The number of rotatable bonds is 5. The fourth-order valence-electron chi connectivity index (χ4n) is 1.70. The van der Waals surface area contributed by atoms with E-state index in [1.807, 2.05) is 20.9 Å². The molecule has 6 nitrogen and oxygen atoms in total. The molecule has 0 aliphatic heterocycles. The molecular weight excluding hydrogens is 334 g/mol. The molecule has 0 saturated carbocycles. The molecule has 0 bridgehead atoms. The minimum Gasteiger partial charge on any atom is -0.478 e. The highest BCUT2D eigenvalue weighted by Gasteiger charge is 2.13. The Hall–Kier alpha value is -2.70. The van der Waals surface area contributed by atoms with Crippen LogP contribution in [0.1, 0.15) is 34.6 Å². The van der Waals surface area contributed by atoms with Crippen LogP contribution in [-0.4, -0.2) is 47.5 Å². The summed E-state index contributed by atoms with van der Waals surface area (Å²) in [4.78, 5) is 20.4. The molecule has 142 valence electrons. The predicted octanol–water partition coefficient (Wildman–Crippen LogP) is 2.99. The Balaban J connectivity index is 0.000000362. The van der Waals surface area contributed by atoms with Crippen LogP contribution in [-0.2, 0) is 0 Å². The maximum atomic E-state index is 10.2. The maximum absolute atomic E-state index is 10.2. The minimum atomic E-state index is -0.879. The third-order valence-corrected chi connectivity index (χ3v) is 3.12. The molecule has 2 aromatic carbocycles. The second kappa shape index (κ2) is 12.6. The van der Waals surface area contributed by atoms with Crippen LogP contribution in [0.4, 0.5) is 0 Å². The van der Waals surface area contributed by atoms with Crippen molar-refractivity contribution in [2.45, 2.75) is 13.8 Å². The summed E-state index contributed by atoms with van der Waals surface area (Å²) in [5.41, 5.74) is 0.698. The topological polar surface area (TPSA) is 107 Å². The number of aliphatic hydroxyl groups is 1. The van der Waals surface area contributed by atoms with Gasteiger partial charge in [-0.3, -0.25) is 0 Å². The normalized spacial score (nSPS) is 9.85. The van der Waals surface area contributed by atoms with Crippen LogP contribution in [0.3, 0.4) is 0 Å². The van der Waals surface area contributed by atoms with E-state index in [0.717, 1.165) is 6.54 Å². The van der Waals surface area contributed by atoms with Crippen molar-refractivity contribution in [1.82, 2.24) is 5.32 Å². The average Bonchev–Trinajstić information content (AvgIpc) is 2.64. The largest absolute Gasteiger partial charge is 0.478 e. The first-order chi connectivity index (χ1) is 12.2. The maximum Gasteiger partial charge on any atom is 0.335 e. The summed E-state index contributed by atoms with van der Waals surface area (Å²) in [5.74, 6) is -1.76. The van der Waals surface area contributed by atoms with E-state index in [9.17, 15) is 9.59 Å². The third-order valence-electron chi connectivity index (χ3n) is 3.12. The van der Waals surface area contributed by atoms with Gasteiger partial charge in [-0.25, -0.2) is 9.59 Å². The van der Waals surface area contributed by atoms with Gasteiger partial charge in [-0.05, 0) is 31.3 Å². The molecule has 0 aliphatic carbocycles. The summed E-state index contributed by atoms with van der Waals surface area (Å²) in [6.45, 7) is 5.14. The minimum absolute atomic E-state index is 0.0365. The van der Waals surface area contributed by atoms with Gasteiger partial charge in [0.1, 0.15) is 0 Å². The van der Waals surface area contributed by atoms with Crippen molar-refractivity contribution in [2.24, 2.45) is 5.41 Å². The summed E-state index contributed by atoms with van der Waals surface area (Å²) in [5, 5.41) is 28.5. The van der Waals surface area contributed by atoms with Gasteiger partial charge in [0, 0.05) is 18.6 Å². The summed E-state index contributed by atoms with van der Waals surface area (Å²) in [6, 6.07) is 16.6. The van der Waals surface area contributed by atoms with E-state index < -0.39 is 11.9 Å². The summed E-state index contributed by atoms with van der Waals surface area (Å²) >= 11 is 0. The Morgan fingerprint density at radius 2 is 1.19 bits per heavy atom. The fraction of sp³-hybridized carbons (Fsp3) is 0.300. The lowest BCUT2D eigenvalue weighted by molar-refractivity contribution is 0.0686. The van der Waals surface area contributed by atoms with E-state index >= 15 is 0 Å². The highest BCUT2D eigenvalue weighted by Crippen LogP contribution is 2.10. The first-order valence-electron chi connectivity index (χ1n) is 8.05. The molecule has 0 fully saturated rings. The third kappa shape index (κ3) is 11.0. The molecule has 0 atom stereocenters. The molecule has 0 radical (unpaired) electrons. The molecule has 26 heavy (non-hydrogen) atoms. The molecule has 6 heteroatoms. The van der Waals surface area contributed by atoms with Crippen molar-refractivity contribution in [3.63, 3.8) is 0 Å². The quantitative estimate of drug-likeness (QED) is 0.652. The van der Waals surface area contributed by atoms with Gasteiger partial charge in [0.25, 0.3) is 0 Å². The molecule has 2 rings (SSSR count). The molecule has 0 heterocycles. The highest BCUT2D eigenvalue weighted by atomic mass is 16.4. The SMILES string of the molecule is CNCC(C)(C)CO.O=C(O)c1ccccc1.O=C(O)c1ccccc1. The number of aliphatic hydroxyl groups excluding tert-OH is 1. The van der Waals surface area contributed by atoms with Crippen LogP contribution in [0.25, 0.3) is 0 Å². The van der Waals surface area contributed by atoms with E-state index in [-0.39, 0.29) is 12.0 Å². The van der Waals surface area contributed by atoms with E-state index in [0.29, 0.717) is 11.1 Å². The van der Waals surface area contributed by atoms with Gasteiger partial charge in [0.15, 0.2) is 0 Å². The van der Waals surface area contributed by atoms with Crippen molar-refractivity contribution in [2.75, 3.05) is 20.2 Å². The van der Waals surface area contributed by atoms with E-state index in [1.165, 1.54) is 0 Å². The van der Waals surface area contributed by atoms with E-state index in [4.69, 9.17) is 15.3 Å². The average molecular weight is 361 g/mol. The van der Waals surface area contributed by atoms with Crippen LogP contribution in [0.15, 0.2) is 60.7 Å². The molecule has 0 aliphatic rings. The van der Waals surface area contributed by atoms with Gasteiger partial charge in [-0.15, -0.1) is 0 Å². The number of carboxylic acids is 2. The van der Waals surface area contributed by atoms with Gasteiger partial charge in [0.2, 0.25) is 0 Å². The Morgan fingerprint density at radius 3 is 1.35 bits per heavy atom. The number of hydrogen-bond donors (Lipinski definition) is 4. The van der Waals surface area contributed by atoms with E-state index in [1.54, 1.807) is 60.7 Å². The van der Waals surface area contributed by atoms with Crippen LogP contribution >= 0.6 is 0 Å². The number of benzene rings is 2. The molecule has 0 aromatic heterocycles. The molecule has 0 saturated heterocycles. The molecular formula is C20H27NO5. The highest BCUT2D eigenvalue weighted by molar-refractivity contribution is 5.87. The summed E-state index contributed by atoms with van der Waals surface area (Å²) in [6.07, 6.45) is 0. The summed E-state index contributed by atoms with van der Waals surface area (Å²) < 4.78 is 0. The number of carboxylic acid groups (broad SMARTS) is 2. The molecule has 4 N–H and O–H groups in total. The van der Waals surface area contributed by atoms with Gasteiger partial charge in [-0.2, -0.15) is 0 Å². The van der Waals surface area contributed by atoms with Gasteiger partial charge in [0.05, 0.1) is 11.1 Å². The van der Waals surface area contributed by atoms with Crippen LogP contribution < -0.4 is 5.32 Å². The van der Waals surface area contributed by atoms with Gasteiger partial charge in [-0.1, -0.05) is 50.2 Å². The lowest BCUT2D eigenvalue weighted by Crippen LogP contribution is -2.29. The van der Waals surface area contributed by atoms with Crippen molar-refractivity contribution >= 4 is 11.9 Å². The molecule has 0 spiro atoms. The lowest BCUT2D eigenvalue weighted by Gasteiger charge is -2.19. The Bertz CT molecular complexity index is 592. The zero-order chi connectivity index (χ0) is 20.0. The van der Waals surface area contributed by atoms with Gasteiger partial charge < -0.3 is 20.6 Å². The van der Waals surface area contributed by atoms with Crippen LogP contribution in [0, 0.1) is 5.41 Å². The number of aromatic carboxylic acids is 2. The van der Waals surface area contributed by atoms with Crippen molar-refractivity contribution in [3.05, 3.63) is 71.8 Å². The van der Waals surface area contributed by atoms with Gasteiger partial charge >= 0.3 is 11.9 Å². The second-order valence-electron chi connectivity index (χ2n) is 6.20. The van der Waals surface area contributed by atoms with Crippen LogP contribution in [0.5, 0.6) is 0 Å². The van der Waals surface area contributed by atoms with Crippen molar-refractivity contribution in [3.8, 4) is 0 Å². The first kappa shape index (κ1) is 23.3. The summed E-state index contributed by atoms with van der Waals surface area (Å²) in [7, 11) is 1.89. The Labute approximate surface area is 154 Å². The monoisotopic (exact) mass is 361 g/mol. The Morgan fingerprint density at radius 1 is 0.846 bits per heavy atom. The number of hydrogen-bond acceptors (Lipinski definition) is 4. The molecule has 2 aromatic rings. The standard InChI is InChI=1S/2C7H6O2.C6H15NO/c2*8-7(9)6-4-2-1-3-5-6;1-6(2,5-8)4-7-3/h2*1-5H,(H,8,9);7-8H,4-5H2,1-3H3. The zero-order valence-electron chi connectivity index (χ0n) is 15.3. The fourth-order valence-corrected chi connectivity index (χ4v) is 1.70. The number of carbonyl (C=O) groups is 2. The predicted molar refractivity (Wildman–Crippen MR) is 102 cm³/mol. The molecule has 0 amide bonds. The smallest absolute Gasteiger partial charge is 0.335 e. The zero-order valence-corrected chi connectivity index (χ0v) is 15.3. The Kier molecular flexibility index (Phi) is 11.3.